The third-order valence-electron chi connectivity index (χ3n) is 2.64. The van der Waals surface area contributed by atoms with Gasteiger partial charge in [0.05, 0.1) is 4.90 Å². The standard InChI is InChI=1S/C12H19NO3S/c1-4-5-6-10-7-8-11(17(14,15)16)9-12(10)13(2)3/h7-9H,4-6H2,1-3H3,(H,14,15,16). The summed E-state index contributed by atoms with van der Waals surface area (Å²) >= 11 is 0. The number of hydrogen-bond acceptors (Lipinski definition) is 3. The van der Waals surface area contributed by atoms with Gasteiger partial charge in [0.2, 0.25) is 0 Å². The molecule has 0 saturated heterocycles. The fraction of sp³-hybridized carbons (Fsp3) is 0.500. The molecule has 0 amide bonds. The monoisotopic (exact) mass is 257 g/mol. The molecule has 17 heavy (non-hydrogen) atoms. The molecule has 0 aliphatic rings. The van der Waals surface area contributed by atoms with Crippen LogP contribution < -0.4 is 4.90 Å². The molecule has 0 bridgehead atoms. The van der Waals surface area contributed by atoms with Crippen LogP contribution in [0, 0.1) is 0 Å². The molecule has 0 spiro atoms. The number of unbranched alkanes of at least 4 members (excludes halogenated alkanes) is 1. The van der Waals surface area contributed by atoms with Crippen molar-refractivity contribution in [2.45, 2.75) is 31.1 Å². The van der Waals surface area contributed by atoms with Crippen LogP contribution in [-0.2, 0) is 16.5 Å². The molecule has 0 aromatic heterocycles. The second-order valence-electron chi connectivity index (χ2n) is 4.26. The molecule has 96 valence electrons. The van der Waals surface area contributed by atoms with E-state index in [1.165, 1.54) is 12.1 Å². The Morgan fingerprint density at radius 1 is 1.29 bits per heavy atom. The van der Waals surface area contributed by atoms with Crippen molar-refractivity contribution in [3.8, 4) is 0 Å². The summed E-state index contributed by atoms with van der Waals surface area (Å²) < 4.78 is 31.2. The quantitative estimate of drug-likeness (QED) is 0.823. The van der Waals surface area contributed by atoms with Gasteiger partial charge in [-0.3, -0.25) is 4.55 Å². The molecule has 0 radical (unpaired) electrons. The van der Waals surface area contributed by atoms with Crippen LogP contribution in [0.3, 0.4) is 0 Å². The van der Waals surface area contributed by atoms with E-state index in [1.54, 1.807) is 6.07 Å². The lowest BCUT2D eigenvalue weighted by atomic mass is 10.1. The predicted molar refractivity (Wildman–Crippen MR) is 69.2 cm³/mol. The van der Waals surface area contributed by atoms with Crippen molar-refractivity contribution in [1.82, 2.24) is 0 Å². The molecule has 0 atom stereocenters. The largest absolute Gasteiger partial charge is 0.377 e. The fourth-order valence-corrected chi connectivity index (χ4v) is 2.20. The summed E-state index contributed by atoms with van der Waals surface area (Å²) in [5.41, 5.74) is 1.94. The van der Waals surface area contributed by atoms with Gasteiger partial charge in [0.15, 0.2) is 0 Å². The van der Waals surface area contributed by atoms with Crippen LogP contribution in [0.15, 0.2) is 23.1 Å². The molecular formula is C12H19NO3S. The van der Waals surface area contributed by atoms with Crippen LogP contribution in [-0.4, -0.2) is 27.1 Å². The lowest BCUT2D eigenvalue weighted by Crippen LogP contribution is -2.12. The molecule has 0 fully saturated rings. The number of rotatable bonds is 5. The van der Waals surface area contributed by atoms with Gasteiger partial charge in [-0.25, -0.2) is 0 Å². The highest BCUT2D eigenvalue weighted by molar-refractivity contribution is 7.85. The SMILES string of the molecule is CCCCc1ccc(S(=O)(=O)O)cc1N(C)C. The Kier molecular flexibility index (Phi) is 4.54. The van der Waals surface area contributed by atoms with Crippen LogP contribution in [0.25, 0.3) is 0 Å². The van der Waals surface area contributed by atoms with Crippen molar-refractivity contribution in [2.75, 3.05) is 19.0 Å². The second kappa shape index (κ2) is 5.51. The first kappa shape index (κ1) is 14.0. The van der Waals surface area contributed by atoms with Crippen LogP contribution in [0.2, 0.25) is 0 Å². The van der Waals surface area contributed by atoms with Crippen molar-refractivity contribution in [1.29, 1.82) is 0 Å². The minimum absolute atomic E-state index is 0.0542. The maximum absolute atomic E-state index is 11.1. The summed E-state index contributed by atoms with van der Waals surface area (Å²) in [6.45, 7) is 2.11. The topological polar surface area (TPSA) is 57.6 Å². The molecule has 1 N–H and O–H groups in total. The Hall–Kier alpha value is -1.07. The number of nitrogens with zero attached hydrogens (tertiary/aromatic N) is 1. The molecule has 0 aliphatic carbocycles. The van der Waals surface area contributed by atoms with E-state index >= 15 is 0 Å². The first-order valence-corrected chi connectivity index (χ1v) is 7.08. The molecule has 0 heterocycles. The first-order chi connectivity index (χ1) is 7.86. The molecule has 5 heteroatoms. The predicted octanol–water partition coefficient (Wildman–Crippen LogP) is 2.34. The molecular weight excluding hydrogens is 238 g/mol. The number of aryl methyl sites for hydroxylation is 1. The molecule has 1 aromatic carbocycles. The summed E-state index contributed by atoms with van der Waals surface area (Å²) in [6.07, 6.45) is 3.06. The van der Waals surface area contributed by atoms with Gasteiger partial charge in [-0.2, -0.15) is 8.42 Å². The summed E-state index contributed by atoms with van der Waals surface area (Å²) in [7, 11) is -0.403. The van der Waals surface area contributed by atoms with Crippen LogP contribution in [0.4, 0.5) is 5.69 Å². The third-order valence-corrected chi connectivity index (χ3v) is 3.49. The van der Waals surface area contributed by atoms with E-state index in [0.717, 1.165) is 30.5 Å². The zero-order valence-corrected chi connectivity index (χ0v) is 11.3. The second-order valence-corrected chi connectivity index (χ2v) is 5.69. The van der Waals surface area contributed by atoms with E-state index in [-0.39, 0.29) is 4.90 Å². The van der Waals surface area contributed by atoms with Crippen molar-refractivity contribution >= 4 is 15.8 Å². The summed E-state index contributed by atoms with van der Waals surface area (Å²) in [4.78, 5) is 1.81. The van der Waals surface area contributed by atoms with Crippen molar-refractivity contribution in [2.24, 2.45) is 0 Å². The van der Waals surface area contributed by atoms with Gasteiger partial charge in [0, 0.05) is 19.8 Å². The average molecular weight is 257 g/mol. The van der Waals surface area contributed by atoms with Gasteiger partial charge < -0.3 is 4.90 Å². The van der Waals surface area contributed by atoms with Crippen LogP contribution >= 0.6 is 0 Å². The van der Waals surface area contributed by atoms with Gasteiger partial charge in [0.25, 0.3) is 10.1 Å². The molecule has 1 aromatic rings. The van der Waals surface area contributed by atoms with Gasteiger partial charge in [-0.1, -0.05) is 19.4 Å². The smallest absolute Gasteiger partial charge is 0.294 e. The number of hydrogen-bond donors (Lipinski definition) is 1. The molecule has 1 rings (SSSR count). The van der Waals surface area contributed by atoms with Gasteiger partial charge in [-0.05, 0) is 30.5 Å². The Labute approximate surface area is 103 Å². The molecule has 4 nitrogen and oxygen atoms in total. The van der Waals surface area contributed by atoms with Crippen molar-refractivity contribution in [3.05, 3.63) is 23.8 Å². The van der Waals surface area contributed by atoms with E-state index in [4.69, 9.17) is 4.55 Å². The van der Waals surface area contributed by atoms with Gasteiger partial charge in [-0.15, -0.1) is 0 Å². The highest BCUT2D eigenvalue weighted by Gasteiger charge is 2.13. The summed E-state index contributed by atoms with van der Waals surface area (Å²) in [5, 5.41) is 0. The van der Waals surface area contributed by atoms with Crippen LogP contribution in [0.1, 0.15) is 25.3 Å². The van der Waals surface area contributed by atoms with Crippen LogP contribution in [0.5, 0.6) is 0 Å². The number of benzene rings is 1. The van der Waals surface area contributed by atoms with Gasteiger partial charge in [0.1, 0.15) is 0 Å². The normalized spacial score (nSPS) is 11.5. The lowest BCUT2D eigenvalue weighted by molar-refractivity contribution is 0.483. The van der Waals surface area contributed by atoms with E-state index in [9.17, 15) is 8.42 Å². The Morgan fingerprint density at radius 2 is 1.94 bits per heavy atom. The minimum Gasteiger partial charge on any atom is -0.377 e. The van der Waals surface area contributed by atoms with Crippen molar-refractivity contribution in [3.63, 3.8) is 0 Å². The van der Waals surface area contributed by atoms with E-state index in [0.29, 0.717) is 0 Å². The molecule has 0 aliphatic heterocycles. The minimum atomic E-state index is -4.12. The summed E-state index contributed by atoms with van der Waals surface area (Å²) in [6, 6.07) is 4.74. The highest BCUT2D eigenvalue weighted by Crippen LogP contribution is 2.24. The fourth-order valence-electron chi connectivity index (χ4n) is 1.70. The number of anilines is 1. The zero-order chi connectivity index (χ0) is 13.1. The molecule has 0 unspecified atom stereocenters. The Balaban J connectivity index is 3.18. The lowest BCUT2D eigenvalue weighted by Gasteiger charge is -2.18. The first-order valence-electron chi connectivity index (χ1n) is 5.64. The highest BCUT2D eigenvalue weighted by atomic mass is 32.2. The Morgan fingerprint density at radius 3 is 2.41 bits per heavy atom. The maximum atomic E-state index is 11.1. The third kappa shape index (κ3) is 3.71. The van der Waals surface area contributed by atoms with Gasteiger partial charge >= 0.3 is 0 Å². The maximum Gasteiger partial charge on any atom is 0.294 e. The zero-order valence-electron chi connectivity index (χ0n) is 10.5. The van der Waals surface area contributed by atoms with E-state index < -0.39 is 10.1 Å². The molecule has 0 saturated carbocycles. The van der Waals surface area contributed by atoms with E-state index in [1.807, 2.05) is 19.0 Å². The average Bonchev–Trinajstić information content (AvgIpc) is 2.24. The summed E-state index contributed by atoms with van der Waals surface area (Å²) in [5.74, 6) is 0. The Bertz CT molecular complexity index is 481. The van der Waals surface area contributed by atoms with Crippen molar-refractivity contribution < 1.29 is 13.0 Å². The van der Waals surface area contributed by atoms with E-state index in [2.05, 4.69) is 6.92 Å².